The predicted octanol–water partition coefficient (Wildman–Crippen LogP) is 4.68. The minimum Gasteiger partial charge on any atom is -0.444 e. The largest absolute Gasteiger partial charge is 0.444 e. The highest BCUT2D eigenvalue weighted by atomic mass is 32.2. The fourth-order valence-electron chi connectivity index (χ4n) is 5.01. The summed E-state index contributed by atoms with van der Waals surface area (Å²) in [5.41, 5.74) is 1.99. The molecule has 1 aliphatic rings. The number of aromatic nitrogens is 3. The first-order valence-corrected chi connectivity index (χ1v) is 16.3. The topological polar surface area (TPSA) is 143 Å². The smallest absolute Gasteiger partial charge is 0.408 e. The number of alkyl halides is 2. The Hall–Kier alpha value is -4.72. The van der Waals surface area contributed by atoms with Crippen molar-refractivity contribution in [1.29, 1.82) is 0 Å². The van der Waals surface area contributed by atoms with Gasteiger partial charge in [0.05, 0.1) is 40.6 Å². The number of halogens is 2. The molecule has 1 atom stereocenters. The first-order valence-electron chi connectivity index (χ1n) is 14.4. The lowest BCUT2D eigenvalue weighted by Crippen LogP contribution is -2.48. The molecule has 14 heteroatoms. The maximum absolute atomic E-state index is 14.9. The average Bonchev–Trinajstić information content (AvgIpc) is 3.27. The fraction of sp³-hybridized carbons (Fsp3) is 0.344. The zero-order chi connectivity index (χ0) is 33.4. The zero-order valence-corrected chi connectivity index (χ0v) is 26.8. The third-order valence-corrected chi connectivity index (χ3v) is 8.48. The lowest BCUT2D eigenvalue weighted by molar-refractivity contribution is -0.00971. The molecule has 1 unspecified atom stereocenters. The van der Waals surface area contributed by atoms with Gasteiger partial charge in [-0.3, -0.25) is 9.78 Å². The van der Waals surface area contributed by atoms with Crippen molar-refractivity contribution in [3.63, 3.8) is 0 Å². The molecule has 2 N–H and O–H groups in total. The molecular weight excluding hydrogens is 618 g/mol. The number of nitrogens with one attached hydrogen (secondary N) is 2. The summed E-state index contributed by atoms with van der Waals surface area (Å²) in [7, 11) is -3.49. The lowest BCUT2D eigenvalue weighted by Gasteiger charge is -2.23. The van der Waals surface area contributed by atoms with E-state index < -0.39 is 45.9 Å². The molecule has 1 saturated heterocycles. The van der Waals surface area contributed by atoms with E-state index in [1.807, 2.05) is 6.07 Å². The van der Waals surface area contributed by atoms with Crippen molar-refractivity contribution in [2.24, 2.45) is 0 Å². The van der Waals surface area contributed by atoms with Crippen LogP contribution < -0.4 is 15.5 Å². The number of aryl methyl sites for hydroxylation is 1. The van der Waals surface area contributed by atoms with Gasteiger partial charge in [0.1, 0.15) is 17.5 Å². The molecule has 11 nitrogen and oxygen atoms in total. The van der Waals surface area contributed by atoms with Gasteiger partial charge < -0.3 is 20.3 Å². The summed E-state index contributed by atoms with van der Waals surface area (Å²) in [5.74, 6) is -3.35. The number of fused-ring (bicyclic) bond motifs is 1. The van der Waals surface area contributed by atoms with E-state index in [9.17, 15) is 26.8 Å². The fourth-order valence-corrected chi connectivity index (χ4v) is 6.01. The van der Waals surface area contributed by atoms with Gasteiger partial charge in [0, 0.05) is 29.9 Å². The monoisotopic (exact) mass is 652 g/mol. The van der Waals surface area contributed by atoms with Crippen molar-refractivity contribution >= 4 is 38.6 Å². The Kier molecular flexibility index (Phi) is 8.69. The highest BCUT2D eigenvalue weighted by molar-refractivity contribution is 7.90. The summed E-state index contributed by atoms with van der Waals surface area (Å²) in [5, 5.41) is 5.78. The van der Waals surface area contributed by atoms with E-state index in [0.29, 0.717) is 34.0 Å². The highest BCUT2D eigenvalue weighted by Crippen LogP contribution is 2.32. The van der Waals surface area contributed by atoms with Crippen LogP contribution in [0.5, 0.6) is 0 Å². The molecule has 2 amide bonds. The van der Waals surface area contributed by atoms with Gasteiger partial charge in [0.25, 0.3) is 11.8 Å². The van der Waals surface area contributed by atoms with Gasteiger partial charge in [-0.2, -0.15) is 0 Å². The highest BCUT2D eigenvalue weighted by Gasteiger charge is 2.49. The van der Waals surface area contributed by atoms with E-state index in [4.69, 9.17) is 9.72 Å². The van der Waals surface area contributed by atoms with Crippen LogP contribution >= 0.6 is 0 Å². The van der Waals surface area contributed by atoms with Crippen molar-refractivity contribution in [3.8, 4) is 11.4 Å². The van der Waals surface area contributed by atoms with Gasteiger partial charge in [-0.25, -0.2) is 32.0 Å². The van der Waals surface area contributed by atoms with Crippen LogP contribution in [0.2, 0.25) is 0 Å². The number of ether oxygens (including phenoxy) is 1. The van der Waals surface area contributed by atoms with Crippen LogP contribution in [0.3, 0.4) is 0 Å². The summed E-state index contributed by atoms with van der Waals surface area (Å²) in [6.45, 7) is 5.91. The quantitative estimate of drug-likeness (QED) is 0.291. The van der Waals surface area contributed by atoms with E-state index in [-0.39, 0.29) is 23.5 Å². The molecule has 4 heterocycles. The molecular formula is C32H34F2N6O5S. The van der Waals surface area contributed by atoms with Crippen LogP contribution in [-0.4, -0.2) is 72.3 Å². The number of pyridine rings is 3. The van der Waals surface area contributed by atoms with Gasteiger partial charge in [-0.15, -0.1) is 0 Å². The Bertz CT molecular complexity index is 1930. The Balaban J connectivity index is 1.30. The third kappa shape index (κ3) is 7.56. The van der Waals surface area contributed by atoms with Crippen molar-refractivity contribution in [3.05, 3.63) is 77.6 Å². The van der Waals surface area contributed by atoms with E-state index in [0.717, 1.165) is 11.6 Å². The second-order valence-electron chi connectivity index (χ2n) is 12.2. The van der Waals surface area contributed by atoms with Gasteiger partial charge in [-0.1, -0.05) is 12.1 Å². The molecule has 4 aromatic rings. The minimum absolute atomic E-state index is 0.0676. The summed E-state index contributed by atoms with van der Waals surface area (Å²) in [6, 6.07) is 13.4. The zero-order valence-electron chi connectivity index (χ0n) is 26.0. The van der Waals surface area contributed by atoms with Gasteiger partial charge in [-0.05, 0) is 75.7 Å². The van der Waals surface area contributed by atoms with Gasteiger partial charge in [0.15, 0.2) is 9.84 Å². The number of anilines is 1. The number of rotatable bonds is 7. The summed E-state index contributed by atoms with van der Waals surface area (Å²) < 4.78 is 59.0. The van der Waals surface area contributed by atoms with E-state index in [1.165, 1.54) is 11.0 Å². The first-order chi connectivity index (χ1) is 21.5. The first kappa shape index (κ1) is 32.7. The number of hydrogen-bond acceptors (Lipinski definition) is 9. The number of benzene rings is 1. The van der Waals surface area contributed by atoms with Crippen molar-refractivity contribution in [1.82, 2.24) is 25.6 Å². The number of hydrogen-bond donors (Lipinski definition) is 2. The number of sulfone groups is 1. The van der Waals surface area contributed by atoms with Crippen LogP contribution in [0, 0.1) is 6.92 Å². The van der Waals surface area contributed by atoms with Crippen LogP contribution in [0.25, 0.3) is 22.3 Å². The average molecular weight is 653 g/mol. The normalized spacial score (nSPS) is 16.3. The molecule has 0 aliphatic carbocycles. The van der Waals surface area contributed by atoms with Crippen molar-refractivity contribution < 1.29 is 31.5 Å². The van der Waals surface area contributed by atoms with Crippen molar-refractivity contribution in [2.75, 3.05) is 24.2 Å². The van der Waals surface area contributed by atoms with E-state index in [2.05, 4.69) is 20.6 Å². The Morgan fingerprint density at radius 1 is 1.07 bits per heavy atom. The molecule has 0 radical (unpaired) electrons. The van der Waals surface area contributed by atoms with E-state index >= 15 is 0 Å². The molecule has 3 aromatic heterocycles. The van der Waals surface area contributed by atoms with Crippen LogP contribution in [-0.2, 0) is 21.1 Å². The molecule has 0 bridgehead atoms. The second kappa shape index (κ2) is 12.2. The van der Waals surface area contributed by atoms with Crippen LogP contribution in [0.4, 0.5) is 19.4 Å². The molecule has 0 spiro atoms. The Morgan fingerprint density at radius 2 is 1.80 bits per heavy atom. The van der Waals surface area contributed by atoms with Crippen LogP contribution in [0.1, 0.15) is 42.4 Å². The molecule has 242 valence electrons. The number of carbonyl (C=O) groups excluding carboxylic acids is 2. The van der Waals surface area contributed by atoms with Crippen molar-refractivity contribution in [2.45, 2.75) is 56.7 Å². The molecule has 46 heavy (non-hydrogen) atoms. The number of amides is 2. The van der Waals surface area contributed by atoms with Crippen LogP contribution in [0.15, 0.2) is 65.7 Å². The summed E-state index contributed by atoms with van der Waals surface area (Å²) in [4.78, 5) is 40.1. The van der Waals surface area contributed by atoms with Gasteiger partial charge >= 0.3 is 6.09 Å². The molecule has 0 saturated carbocycles. The maximum atomic E-state index is 14.9. The standard InChI is InChI=1S/C32H34F2N6O5S/c1-19-9-10-20(13-26(19)46(5,43)44)29(41)36-16-22-14-25-21(15-35-22)11-12-24(37-25)23-7-6-8-28(38-23)40-17-27(32(33,34)18-40)39-30(42)45-31(2,3)4/h6-15,27H,16-18H2,1-5H3,(H,36,41)(H,39,42). The number of carbonyl (C=O) groups is 2. The van der Waals surface area contributed by atoms with Gasteiger partial charge in [0.2, 0.25) is 0 Å². The number of alkyl carbamates (subject to hydrolysis) is 1. The summed E-state index contributed by atoms with van der Waals surface area (Å²) >= 11 is 0. The Labute approximate surface area is 265 Å². The molecule has 1 aromatic carbocycles. The molecule has 5 rings (SSSR count). The maximum Gasteiger partial charge on any atom is 0.408 e. The minimum atomic E-state index is -3.49. The predicted molar refractivity (Wildman–Crippen MR) is 169 cm³/mol. The second-order valence-corrected chi connectivity index (χ2v) is 14.2. The lowest BCUT2D eigenvalue weighted by atomic mass is 10.1. The Morgan fingerprint density at radius 3 is 2.52 bits per heavy atom. The molecule has 1 fully saturated rings. The molecule has 1 aliphatic heterocycles. The summed E-state index contributed by atoms with van der Waals surface area (Å²) in [6.07, 6.45) is 1.80. The van der Waals surface area contributed by atoms with E-state index in [1.54, 1.807) is 76.4 Å². The third-order valence-electron chi connectivity index (χ3n) is 7.24. The SMILES string of the molecule is Cc1ccc(C(=O)NCc2cc3nc(-c4cccc(N5CC(NC(=O)OC(C)(C)C)C(F)(F)C5)n4)ccc3cn2)cc1S(C)(=O)=O. The number of nitrogens with zero attached hydrogens (tertiary/aromatic N) is 4.